The van der Waals surface area contributed by atoms with E-state index in [4.69, 9.17) is 0 Å². The molecule has 1 aliphatic heterocycles. The van der Waals surface area contributed by atoms with Crippen LogP contribution in [-0.2, 0) is 24.6 Å². The van der Waals surface area contributed by atoms with Gasteiger partial charge in [-0.1, -0.05) is 6.07 Å². The van der Waals surface area contributed by atoms with E-state index >= 15 is 0 Å². The van der Waals surface area contributed by atoms with Crippen LogP contribution in [0.1, 0.15) is 5.56 Å². The molecule has 0 saturated carbocycles. The number of aromatic nitrogens is 3. The number of carboxylic acid groups (broad SMARTS) is 1. The summed E-state index contributed by atoms with van der Waals surface area (Å²) in [7, 11) is 1.37. The number of benzene rings is 1. The van der Waals surface area contributed by atoms with Gasteiger partial charge < -0.3 is 5.11 Å². The van der Waals surface area contributed by atoms with Gasteiger partial charge in [0.25, 0.3) is 0 Å². The summed E-state index contributed by atoms with van der Waals surface area (Å²) in [6, 6.07) is 4.35. The summed E-state index contributed by atoms with van der Waals surface area (Å²) >= 11 is 0. The molecule has 1 N–H and O–H groups in total. The molecule has 0 radical (unpaired) electrons. The molecule has 0 spiro atoms. The second-order valence-electron chi connectivity index (χ2n) is 5.17. The van der Waals surface area contributed by atoms with Gasteiger partial charge in [-0.25, -0.2) is 14.3 Å². The summed E-state index contributed by atoms with van der Waals surface area (Å²) in [5.74, 6) is -1.22. The summed E-state index contributed by atoms with van der Waals surface area (Å²) in [6.45, 7) is -0.215. The molecule has 2 aromatic rings. The Bertz CT molecular complexity index is 911. The molecule has 0 fully saturated rings. The minimum absolute atomic E-state index is 0.0480. The smallest absolute Gasteiger partial charge is 0.416 e. The molecule has 7 nitrogen and oxygen atoms in total. The molecule has 3 rings (SSSR count). The van der Waals surface area contributed by atoms with Gasteiger partial charge in [-0.2, -0.15) is 13.2 Å². The zero-order valence-corrected chi connectivity index (χ0v) is 12.3. The van der Waals surface area contributed by atoms with Crippen LogP contribution >= 0.6 is 0 Å². The summed E-state index contributed by atoms with van der Waals surface area (Å²) in [5.41, 5.74) is -1.54. The molecule has 2 heterocycles. The largest absolute Gasteiger partial charge is 0.478 e. The fourth-order valence-corrected chi connectivity index (χ4v) is 2.38. The number of hydrogen-bond acceptors (Lipinski definition) is 4. The number of alkyl halides is 3. The average Bonchev–Trinajstić information content (AvgIpc) is 2.81. The van der Waals surface area contributed by atoms with E-state index in [2.05, 4.69) is 5.10 Å². The molecule has 0 bridgehead atoms. The summed E-state index contributed by atoms with van der Waals surface area (Å²) in [6.07, 6.45) is -3.38. The van der Waals surface area contributed by atoms with E-state index in [1.54, 1.807) is 0 Å². The summed E-state index contributed by atoms with van der Waals surface area (Å²) < 4.78 is 40.8. The third kappa shape index (κ3) is 2.55. The van der Waals surface area contributed by atoms with Crippen LogP contribution in [0.25, 0.3) is 0 Å². The number of aryl methyl sites for hydroxylation is 1. The first kappa shape index (κ1) is 15.8. The third-order valence-electron chi connectivity index (χ3n) is 3.54. The van der Waals surface area contributed by atoms with E-state index in [1.165, 1.54) is 25.4 Å². The molecule has 0 atom stereocenters. The van der Waals surface area contributed by atoms with Gasteiger partial charge in [0.1, 0.15) is 0 Å². The Morgan fingerprint density at radius 2 is 2.04 bits per heavy atom. The van der Waals surface area contributed by atoms with E-state index in [0.29, 0.717) is 0 Å². The topological polar surface area (TPSA) is 80.4 Å². The van der Waals surface area contributed by atoms with Crippen LogP contribution in [0, 0.1) is 0 Å². The fraction of sp³-hybridized carbons (Fsp3) is 0.214. The first-order chi connectivity index (χ1) is 11.2. The Hall–Kier alpha value is -3.04. The molecule has 0 amide bonds. The van der Waals surface area contributed by atoms with Gasteiger partial charge in [0.05, 0.1) is 17.7 Å². The molecule has 0 unspecified atom stereocenters. The number of fused-ring (bicyclic) bond motifs is 1. The SMILES string of the molecule is Cn1nc2n(c1=O)CC(C(=O)O)=CN2c1cccc(C(F)(F)F)c1. The summed E-state index contributed by atoms with van der Waals surface area (Å²) in [5, 5.41) is 13.2. The molecule has 24 heavy (non-hydrogen) atoms. The van der Waals surface area contributed by atoms with Crippen molar-refractivity contribution in [3.63, 3.8) is 0 Å². The number of rotatable bonds is 2. The standard InChI is InChI=1S/C14H11F3N4O3/c1-19-13(24)21-7-8(11(22)23)6-20(12(21)18-19)10-4-2-3-9(5-10)14(15,16)17/h2-6H,7H2,1H3,(H,22,23). The van der Waals surface area contributed by atoms with E-state index < -0.39 is 23.4 Å². The Morgan fingerprint density at radius 3 is 2.67 bits per heavy atom. The maximum absolute atomic E-state index is 12.9. The highest BCUT2D eigenvalue weighted by atomic mass is 19.4. The van der Waals surface area contributed by atoms with E-state index in [9.17, 15) is 27.9 Å². The Kier molecular flexibility index (Phi) is 3.47. The quantitative estimate of drug-likeness (QED) is 0.900. The molecule has 0 aliphatic carbocycles. The maximum Gasteiger partial charge on any atom is 0.416 e. The van der Waals surface area contributed by atoms with E-state index in [-0.39, 0.29) is 23.8 Å². The predicted octanol–water partition coefficient (Wildman–Crippen LogP) is 1.72. The van der Waals surface area contributed by atoms with Gasteiger partial charge in [-0.15, -0.1) is 5.10 Å². The predicted molar refractivity (Wildman–Crippen MR) is 76.8 cm³/mol. The number of carboxylic acids is 1. The highest BCUT2D eigenvalue weighted by molar-refractivity contribution is 5.88. The number of hydrogen-bond donors (Lipinski definition) is 1. The Morgan fingerprint density at radius 1 is 1.33 bits per heavy atom. The van der Waals surface area contributed by atoms with Gasteiger partial charge in [-0.05, 0) is 18.2 Å². The van der Waals surface area contributed by atoms with Gasteiger partial charge in [-0.3, -0.25) is 9.47 Å². The molecule has 1 aliphatic rings. The Labute approximate surface area is 132 Å². The number of nitrogens with zero attached hydrogens (tertiary/aromatic N) is 4. The van der Waals surface area contributed by atoms with Crippen LogP contribution in [0.3, 0.4) is 0 Å². The molecule has 10 heteroatoms. The second-order valence-corrected chi connectivity index (χ2v) is 5.17. The normalized spacial score (nSPS) is 14.3. The lowest BCUT2D eigenvalue weighted by molar-refractivity contribution is -0.137. The highest BCUT2D eigenvalue weighted by Crippen LogP contribution is 2.34. The van der Waals surface area contributed by atoms with Gasteiger partial charge >= 0.3 is 17.8 Å². The third-order valence-corrected chi connectivity index (χ3v) is 3.54. The van der Waals surface area contributed by atoms with Crippen LogP contribution in [-0.4, -0.2) is 25.4 Å². The van der Waals surface area contributed by atoms with E-state index in [0.717, 1.165) is 26.3 Å². The zero-order valence-electron chi connectivity index (χ0n) is 12.3. The van der Waals surface area contributed by atoms with Crippen molar-refractivity contribution in [3.8, 4) is 0 Å². The number of anilines is 2. The van der Waals surface area contributed by atoms with Crippen LogP contribution < -0.4 is 10.6 Å². The van der Waals surface area contributed by atoms with Crippen molar-refractivity contribution in [2.45, 2.75) is 12.7 Å². The lowest BCUT2D eigenvalue weighted by Crippen LogP contribution is -2.31. The van der Waals surface area contributed by atoms with Crippen molar-refractivity contribution >= 4 is 17.6 Å². The van der Waals surface area contributed by atoms with Crippen LogP contribution in [0.2, 0.25) is 0 Å². The van der Waals surface area contributed by atoms with Crippen LogP contribution in [0.5, 0.6) is 0 Å². The monoisotopic (exact) mass is 340 g/mol. The van der Waals surface area contributed by atoms with Crippen molar-refractivity contribution in [3.05, 3.63) is 52.1 Å². The highest BCUT2D eigenvalue weighted by Gasteiger charge is 2.32. The average molecular weight is 340 g/mol. The lowest BCUT2D eigenvalue weighted by Gasteiger charge is -2.25. The number of carbonyl (C=O) groups is 1. The maximum atomic E-state index is 12.9. The minimum atomic E-state index is -4.55. The first-order valence-electron chi connectivity index (χ1n) is 6.73. The Balaban J connectivity index is 2.18. The lowest BCUT2D eigenvalue weighted by atomic mass is 10.1. The molecule has 1 aromatic carbocycles. The zero-order chi connectivity index (χ0) is 17.6. The minimum Gasteiger partial charge on any atom is -0.478 e. The number of aliphatic carboxylic acids is 1. The van der Waals surface area contributed by atoms with E-state index in [1.807, 2.05) is 0 Å². The molecule has 1 aromatic heterocycles. The van der Waals surface area contributed by atoms with Crippen LogP contribution in [0.15, 0.2) is 40.8 Å². The van der Waals surface area contributed by atoms with Gasteiger partial charge in [0.2, 0.25) is 5.95 Å². The number of halogens is 3. The molecule has 126 valence electrons. The molecule has 0 saturated heterocycles. The van der Waals surface area contributed by atoms with Crippen LogP contribution in [0.4, 0.5) is 24.8 Å². The van der Waals surface area contributed by atoms with Crippen molar-refractivity contribution < 1.29 is 23.1 Å². The molecular weight excluding hydrogens is 329 g/mol. The van der Waals surface area contributed by atoms with Crippen molar-refractivity contribution in [1.82, 2.24) is 14.3 Å². The van der Waals surface area contributed by atoms with Crippen molar-refractivity contribution in [2.24, 2.45) is 7.05 Å². The van der Waals surface area contributed by atoms with Gasteiger partial charge in [0, 0.05) is 18.9 Å². The fourth-order valence-electron chi connectivity index (χ4n) is 2.38. The summed E-state index contributed by atoms with van der Waals surface area (Å²) in [4.78, 5) is 24.4. The van der Waals surface area contributed by atoms with Gasteiger partial charge in [0.15, 0.2) is 0 Å². The van der Waals surface area contributed by atoms with Crippen molar-refractivity contribution in [2.75, 3.05) is 4.90 Å². The second kappa shape index (κ2) is 5.25. The van der Waals surface area contributed by atoms with Crippen molar-refractivity contribution in [1.29, 1.82) is 0 Å². The first-order valence-corrected chi connectivity index (χ1v) is 6.73. The molecular formula is C14H11F3N4O3.